The number of nitrogens with zero attached hydrogens (tertiary/aromatic N) is 2. The first kappa shape index (κ1) is 25.3. The summed E-state index contributed by atoms with van der Waals surface area (Å²) in [6, 6.07) is 15.0. The van der Waals surface area contributed by atoms with Crippen molar-refractivity contribution in [3.8, 4) is 5.75 Å². The van der Waals surface area contributed by atoms with E-state index >= 15 is 0 Å². The molecule has 170 valence electrons. The van der Waals surface area contributed by atoms with Gasteiger partial charge in [-0.25, -0.2) is 4.99 Å². The van der Waals surface area contributed by atoms with Crippen LogP contribution in [0.15, 0.2) is 47.5 Å². The SMILES string of the molecule is CCNC(=NCc1ccc(N2CCOCC2)cc1)NCc1ccc(C)cc1OCC.I. The Hall–Kier alpha value is -2.00. The predicted molar refractivity (Wildman–Crippen MR) is 139 cm³/mol. The minimum Gasteiger partial charge on any atom is -0.494 e. The Bertz CT molecular complexity index is 821. The summed E-state index contributed by atoms with van der Waals surface area (Å²) in [5, 5.41) is 6.75. The molecule has 2 N–H and O–H groups in total. The van der Waals surface area contributed by atoms with E-state index < -0.39 is 0 Å². The Kier molecular flexibility index (Phi) is 10.9. The van der Waals surface area contributed by atoms with Gasteiger partial charge in [0.05, 0.1) is 26.4 Å². The van der Waals surface area contributed by atoms with E-state index in [2.05, 4.69) is 71.8 Å². The van der Waals surface area contributed by atoms with E-state index in [1.807, 2.05) is 6.92 Å². The number of aryl methyl sites for hydroxylation is 1. The van der Waals surface area contributed by atoms with Crippen LogP contribution < -0.4 is 20.3 Å². The summed E-state index contributed by atoms with van der Waals surface area (Å²) in [5.41, 5.74) is 4.76. The highest BCUT2D eigenvalue weighted by molar-refractivity contribution is 14.0. The van der Waals surface area contributed by atoms with Gasteiger partial charge in [-0.3, -0.25) is 0 Å². The van der Waals surface area contributed by atoms with Gasteiger partial charge in [0.2, 0.25) is 0 Å². The zero-order valence-corrected chi connectivity index (χ0v) is 21.1. The second kappa shape index (κ2) is 13.4. The van der Waals surface area contributed by atoms with Crippen LogP contribution in [-0.4, -0.2) is 45.4 Å². The van der Waals surface area contributed by atoms with Crippen molar-refractivity contribution in [2.24, 2.45) is 4.99 Å². The summed E-state index contributed by atoms with van der Waals surface area (Å²) in [5.74, 6) is 1.73. The maximum atomic E-state index is 5.79. The highest BCUT2D eigenvalue weighted by Crippen LogP contribution is 2.20. The van der Waals surface area contributed by atoms with Gasteiger partial charge in [-0.15, -0.1) is 24.0 Å². The van der Waals surface area contributed by atoms with Crippen molar-refractivity contribution in [1.29, 1.82) is 0 Å². The van der Waals surface area contributed by atoms with Gasteiger partial charge in [0.25, 0.3) is 0 Å². The maximum Gasteiger partial charge on any atom is 0.191 e. The fraction of sp³-hybridized carbons (Fsp3) is 0.458. The minimum absolute atomic E-state index is 0. The van der Waals surface area contributed by atoms with Crippen molar-refractivity contribution < 1.29 is 9.47 Å². The van der Waals surface area contributed by atoms with Gasteiger partial charge in [-0.1, -0.05) is 24.3 Å². The number of ether oxygens (including phenoxy) is 2. The van der Waals surface area contributed by atoms with Crippen LogP contribution in [0.5, 0.6) is 5.75 Å². The van der Waals surface area contributed by atoms with E-state index in [1.165, 1.54) is 16.8 Å². The fourth-order valence-corrected chi connectivity index (χ4v) is 3.42. The molecule has 1 fully saturated rings. The molecule has 2 aromatic carbocycles. The van der Waals surface area contributed by atoms with E-state index in [0.29, 0.717) is 19.7 Å². The van der Waals surface area contributed by atoms with Crippen LogP contribution in [0, 0.1) is 6.92 Å². The Morgan fingerprint density at radius 1 is 1.06 bits per heavy atom. The summed E-state index contributed by atoms with van der Waals surface area (Å²) < 4.78 is 11.2. The van der Waals surface area contributed by atoms with Crippen molar-refractivity contribution in [2.75, 3.05) is 44.4 Å². The monoisotopic (exact) mass is 538 g/mol. The molecule has 1 saturated heterocycles. The molecule has 31 heavy (non-hydrogen) atoms. The number of hydrogen-bond donors (Lipinski definition) is 2. The fourth-order valence-electron chi connectivity index (χ4n) is 3.42. The lowest BCUT2D eigenvalue weighted by Gasteiger charge is -2.28. The topological polar surface area (TPSA) is 58.1 Å². The van der Waals surface area contributed by atoms with E-state index in [1.54, 1.807) is 0 Å². The van der Waals surface area contributed by atoms with Crippen molar-refractivity contribution in [2.45, 2.75) is 33.9 Å². The zero-order valence-electron chi connectivity index (χ0n) is 18.8. The van der Waals surface area contributed by atoms with Gasteiger partial charge in [-0.05, 0) is 50.1 Å². The highest BCUT2D eigenvalue weighted by Gasteiger charge is 2.11. The third kappa shape index (κ3) is 7.88. The largest absolute Gasteiger partial charge is 0.494 e. The van der Waals surface area contributed by atoms with E-state index in [0.717, 1.165) is 50.1 Å². The molecule has 3 rings (SSSR count). The third-order valence-electron chi connectivity index (χ3n) is 5.05. The van der Waals surface area contributed by atoms with Crippen molar-refractivity contribution >= 4 is 35.6 Å². The van der Waals surface area contributed by atoms with E-state index in [9.17, 15) is 0 Å². The molecule has 6 nitrogen and oxygen atoms in total. The van der Waals surface area contributed by atoms with E-state index in [-0.39, 0.29) is 24.0 Å². The molecule has 0 aromatic heterocycles. The standard InChI is InChI=1S/C24H34N4O2.HI/c1-4-25-24(27-18-21-9-6-19(3)16-23(21)30-5-2)26-17-20-7-10-22(11-8-20)28-12-14-29-15-13-28;/h6-11,16H,4-5,12-15,17-18H2,1-3H3,(H2,25,26,27);1H. The van der Waals surface area contributed by atoms with Gasteiger partial charge in [0.15, 0.2) is 5.96 Å². The zero-order chi connectivity index (χ0) is 21.2. The van der Waals surface area contributed by atoms with E-state index in [4.69, 9.17) is 14.5 Å². The number of hydrogen-bond acceptors (Lipinski definition) is 4. The average molecular weight is 538 g/mol. The molecule has 2 aromatic rings. The van der Waals surface area contributed by atoms with Gasteiger partial charge >= 0.3 is 0 Å². The summed E-state index contributed by atoms with van der Waals surface area (Å²) >= 11 is 0. The molecule has 0 aliphatic carbocycles. The number of benzene rings is 2. The molecular formula is C24H35IN4O2. The minimum atomic E-state index is 0. The average Bonchev–Trinajstić information content (AvgIpc) is 2.78. The molecule has 0 bridgehead atoms. The van der Waals surface area contributed by atoms with Crippen LogP contribution in [0.4, 0.5) is 5.69 Å². The first-order valence-corrected chi connectivity index (χ1v) is 10.9. The third-order valence-corrected chi connectivity index (χ3v) is 5.05. The molecule has 0 atom stereocenters. The van der Waals surface area contributed by atoms with Crippen LogP contribution >= 0.6 is 24.0 Å². The Morgan fingerprint density at radius 3 is 2.48 bits per heavy atom. The van der Waals surface area contributed by atoms with Crippen LogP contribution in [0.2, 0.25) is 0 Å². The number of aliphatic imine (C=N–C) groups is 1. The molecule has 1 aliphatic rings. The lowest BCUT2D eigenvalue weighted by Crippen LogP contribution is -2.37. The number of rotatable bonds is 8. The van der Waals surface area contributed by atoms with Crippen LogP contribution in [0.25, 0.3) is 0 Å². The molecule has 7 heteroatoms. The molecule has 0 spiro atoms. The molecule has 0 unspecified atom stereocenters. The Labute approximate surface area is 203 Å². The van der Waals surface area contributed by atoms with Crippen LogP contribution in [0.1, 0.15) is 30.5 Å². The van der Waals surface area contributed by atoms with Gasteiger partial charge in [-0.2, -0.15) is 0 Å². The first-order valence-electron chi connectivity index (χ1n) is 10.9. The molecule has 0 saturated carbocycles. The summed E-state index contributed by atoms with van der Waals surface area (Å²) in [4.78, 5) is 7.11. The van der Waals surface area contributed by atoms with Crippen LogP contribution in [0.3, 0.4) is 0 Å². The second-order valence-electron chi connectivity index (χ2n) is 7.36. The molecule has 0 amide bonds. The molecule has 1 aliphatic heterocycles. The molecule has 1 heterocycles. The Morgan fingerprint density at radius 2 is 1.81 bits per heavy atom. The summed E-state index contributed by atoms with van der Waals surface area (Å²) in [6.07, 6.45) is 0. The predicted octanol–water partition coefficient (Wildman–Crippen LogP) is 4.10. The van der Waals surface area contributed by atoms with Crippen molar-refractivity contribution in [3.63, 3.8) is 0 Å². The number of anilines is 1. The normalized spacial score (nSPS) is 14.0. The highest BCUT2D eigenvalue weighted by atomic mass is 127. The quantitative estimate of drug-likeness (QED) is 0.301. The molecular weight excluding hydrogens is 503 g/mol. The van der Waals surface area contributed by atoms with Crippen molar-refractivity contribution in [1.82, 2.24) is 10.6 Å². The van der Waals surface area contributed by atoms with Crippen molar-refractivity contribution in [3.05, 3.63) is 59.2 Å². The maximum absolute atomic E-state index is 5.79. The van der Waals surface area contributed by atoms with Crippen LogP contribution in [-0.2, 0) is 17.8 Å². The summed E-state index contributed by atoms with van der Waals surface area (Å²) in [7, 11) is 0. The van der Waals surface area contributed by atoms with Gasteiger partial charge in [0.1, 0.15) is 5.75 Å². The molecule has 0 radical (unpaired) electrons. The first-order chi connectivity index (χ1) is 14.7. The van der Waals surface area contributed by atoms with Gasteiger partial charge < -0.3 is 25.0 Å². The second-order valence-corrected chi connectivity index (χ2v) is 7.36. The number of morpholine rings is 1. The number of nitrogens with one attached hydrogen (secondary N) is 2. The lowest BCUT2D eigenvalue weighted by atomic mass is 10.1. The lowest BCUT2D eigenvalue weighted by molar-refractivity contribution is 0.122. The summed E-state index contributed by atoms with van der Waals surface area (Å²) in [6.45, 7) is 12.4. The van der Waals surface area contributed by atoms with Gasteiger partial charge in [0, 0.05) is 37.4 Å². The smallest absolute Gasteiger partial charge is 0.191 e. The Balaban J connectivity index is 0.00000341. The number of halogens is 1. The number of guanidine groups is 1.